The number of fused-ring (bicyclic) bond motifs is 1. The maximum Gasteiger partial charge on any atom is 0.119 e. The molecule has 0 unspecified atom stereocenters. The fraction of sp³-hybridized carbons (Fsp3) is 0.381. The third-order valence-corrected chi connectivity index (χ3v) is 4.82. The zero-order chi connectivity index (χ0) is 19.6. The number of benzene rings is 1. The topological polar surface area (TPSA) is 80.1 Å². The first-order valence-electron chi connectivity index (χ1n) is 9.20. The number of ether oxygens (including phenoxy) is 1. The van der Waals surface area contributed by atoms with Crippen LogP contribution in [-0.2, 0) is 11.2 Å². The fourth-order valence-corrected chi connectivity index (χ4v) is 3.69. The summed E-state index contributed by atoms with van der Waals surface area (Å²) < 4.78 is 7.73. The lowest BCUT2D eigenvalue weighted by atomic mass is 10.1. The molecule has 0 radical (unpaired) electrons. The molecule has 3 aromatic rings. The van der Waals surface area contributed by atoms with E-state index in [1.165, 1.54) is 0 Å². The maximum atomic E-state index is 10.7. The molecule has 0 fully saturated rings. The summed E-state index contributed by atoms with van der Waals surface area (Å²) in [5.41, 5.74) is 4.93. The van der Waals surface area contributed by atoms with Gasteiger partial charge in [0.2, 0.25) is 0 Å². The van der Waals surface area contributed by atoms with Crippen LogP contribution in [-0.4, -0.2) is 27.3 Å². The van der Waals surface area contributed by atoms with Crippen molar-refractivity contribution in [2.24, 2.45) is 0 Å². The smallest absolute Gasteiger partial charge is 0.119 e. The number of carboxylic acids is 1. The average molecular weight is 366 g/mol. The van der Waals surface area contributed by atoms with E-state index in [0.29, 0.717) is 19.4 Å². The molecule has 0 aliphatic carbocycles. The van der Waals surface area contributed by atoms with Gasteiger partial charge in [-0.3, -0.25) is 0 Å². The molecule has 0 saturated carbocycles. The SMILES string of the molecule is CCOc1ccc(-n2c(C)c3c(C)nnc(CCCC(=O)[O-])c3c2C)cc1. The zero-order valence-electron chi connectivity index (χ0n) is 16.2. The second-order valence-corrected chi connectivity index (χ2v) is 6.64. The Kier molecular flexibility index (Phi) is 5.44. The van der Waals surface area contributed by atoms with Crippen molar-refractivity contribution in [2.75, 3.05) is 6.61 Å². The van der Waals surface area contributed by atoms with Crippen LogP contribution in [0, 0.1) is 20.8 Å². The van der Waals surface area contributed by atoms with Crippen LogP contribution in [0.2, 0.25) is 0 Å². The number of carbonyl (C=O) groups is 1. The van der Waals surface area contributed by atoms with Gasteiger partial charge in [0.25, 0.3) is 0 Å². The van der Waals surface area contributed by atoms with E-state index in [1.807, 2.05) is 38.1 Å². The standard InChI is InChI=1S/C21H25N3O3/c1-5-27-17-11-9-16(10-12-17)24-14(3)20-13(2)22-23-18(21(20)15(24)4)7-6-8-19(25)26/h9-12H,5-8H2,1-4H3,(H,25,26)/p-1. The third kappa shape index (κ3) is 3.65. The lowest BCUT2D eigenvalue weighted by Gasteiger charge is -2.11. The van der Waals surface area contributed by atoms with Crippen LogP contribution >= 0.6 is 0 Å². The lowest BCUT2D eigenvalue weighted by molar-refractivity contribution is -0.305. The first-order valence-corrected chi connectivity index (χ1v) is 9.20. The predicted molar refractivity (Wildman–Crippen MR) is 102 cm³/mol. The number of carbonyl (C=O) groups excluding carboxylic acids is 1. The van der Waals surface area contributed by atoms with Crippen LogP contribution in [0.15, 0.2) is 24.3 Å². The van der Waals surface area contributed by atoms with Gasteiger partial charge < -0.3 is 19.2 Å². The summed E-state index contributed by atoms with van der Waals surface area (Å²) in [4.78, 5) is 10.7. The van der Waals surface area contributed by atoms with Gasteiger partial charge >= 0.3 is 0 Å². The molecule has 2 heterocycles. The molecular weight excluding hydrogens is 342 g/mol. The Balaban J connectivity index is 2.09. The summed E-state index contributed by atoms with van der Waals surface area (Å²) in [7, 11) is 0. The van der Waals surface area contributed by atoms with Gasteiger partial charge in [0.05, 0.1) is 18.0 Å². The van der Waals surface area contributed by atoms with Crippen molar-refractivity contribution in [1.82, 2.24) is 14.8 Å². The number of carboxylic acid groups (broad SMARTS) is 1. The molecule has 3 rings (SSSR count). The van der Waals surface area contributed by atoms with Gasteiger partial charge in [-0.25, -0.2) is 0 Å². The van der Waals surface area contributed by atoms with E-state index in [2.05, 4.69) is 28.6 Å². The molecule has 6 nitrogen and oxygen atoms in total. The fourth-order valence-electron chi connectivity index (χ4n) is 3.69. The number of aliphatic carboxylic acids is 1. The van der Waals surface area contributed by atoms with Crippen molar-refractivity contribution >= 4 is 16.7 Å². The van der Waals surface area contributed by atoms with Crippen LogP contribution in [0.4, 0.5) is 0 Å². The second kappa shape index (κ2) is 7.78. The summed E-state index contributed by atoms with van der Waals surface area (Å²) in [6, 6.07) is 8.00. The van der Waals surface area contributed by atoms with Crippen molar-refractivity contribution in [3.05, 3.63) is 47.0 Å². The molecule has 142 valence electrons. The molecule has 0 atom stereocenters. The number of aromatic nitrogens is 3. The third-order valence-electron chi connectivity index (χ3n) is 4.82. The van der Waals surface area contributed by atoms with E-state index >= 15 is 0 Å². The molecule has 1 aromatic carbocycles. The number of nitrogens with zero attached hydrogens (tertiary/aromatic N) is 3. The highest BCUT2D eigenvalue weighted by atomic mass is 16.5. The van der Waals surface area contributed by atoms with Gasteiger partial charge in [0.1, 0.15) is 5.75 Å². The molecule has 0 bridgehead atoms. The molecule has 0 N–H and O–H groups in total. The Hall–Kier alpha value is -2.89. The summed E-state index contributed by atoms with van der Waals surface area (Å²) in [5.74, 6) is -0.193. The van der Waals surface area contributed by atoms with Crippen molar-refractivity contribution in [2.45, 2.75) is 47.0 Å². The highest BCUT2D eigenvalue weighted by molar-refractivity contribution is 5.92. The van der Waals surface area contributed by atoms with Crippen molar-refractivity contribution in [3.63, 3.8) is 0 Å². The van der Waals surface area contributed by atoms with Gasteiger partial charge in [-0.05, 0) is 71.2 Å². The van der Waals surface area contributed by atoms with Crippen LogP contribution in [0.5, 0.6) is 5.75 Å². The maximum absolute atomic E-state index is 10.7. The van der Waals surface area contributed by atoms with Crippen LogP contribution in [0.3, 0.4) is 0 Å². The highest BCUT2D eigenvalue weighted by Crippen LogP contribution is 2.32. The highest BCUT2D eigenvalue weighted by Gasteiger charge is 2.19. The monoisotopic (exact) mass is 366 g/mol. The lowest BCUT2D eigenvalue weighted by Crippen LogP contribution is -2.21. The quantitative estimate of drug-likeness (QED) is 0.642. The van der Waals surface area contributed by atoms with E-state index in [-0.39, 0.29) is 6.42 Å². The predicted octanol–water partition coefficient (Wildman–Crippen LogP) is 2.82. The summed E-state index contributed by atoms with van der Waals surface area (Å²) in [6.07, 6.45) is 1.07. The minimum atomic E-state index is -1.04. The van der Waals surface area contributed by atoms with Crippen LogP contribution in [0.25, 0.3) is 16.5 Å². The van der Waals surface area contributed by atoms with Crippen molar-refractivity contribution < 1.29 is 14.6 Å². The van der Waals surface area contributed by atoms with Crippen LogP contribution in [0.1, 0.15) is 42.5 Å². The molecule has 0 saturated heterocycles. The Labute approximate surface area is 158 Å². The molecule has 2 aromatic heterocycles. The average Bonchev–Trinajstić information content (AvgIpc) is 2.90. The van der Waals surface area contributed by atoms with Gasteiger partial charge in [0, 0.05) is 33.8 Å². The Morgan fingerprint density at radius 1 is 1.07 bits per heavy atom. The van der Waals surface area contributed by atoms with E-state index in [4.69, 9.17) is 4.74 Å². The molecule has 6 heteroatoms. The Morgan fingerprint density at radius 3 is 2.37 bits per heavy atom. The minimum Gasteiger partial charge on any atom is -0.550 e. The van der Waals surface area contributed by atoms with E-state index < -0.39 is 5.97 Å². The second-order valence-electron chi connectivity index (χ2n) is 6.64. The number of aryl methyl sites for hydroxylation is 4. The minimum absolute atomic E-state index is 0.0225. The number of hydrogen-bond acceptors (Lipinski definition) is 5. The van der Waals surface area contributed by atoms with Gasteiger partial charge in [-0.2, -0.15) is 10.2 Å². The molecule has 0 amide bonds. The van der Waals surface area contributed by atoms with E-state index in [9.17, 15) is 9.90 Å². The van der Waals surface area contributed by atoms with E-state index in [0.717, 1.165) is 45.0 Å². The van der Waals surface area contributed by atoms with E-state index in [1.54, 1.807) is 0 Å². The first kappa shape index (κ1) is 18.9. The largest absolute Gasteiger partial charge is 0.550 e. The molecule has 27 heavy (non-hydrogen) atoms. The molecule has 0 aliphatic rings. The number of hydrogen-bond donors (Lipinski definition) is 0. The zero-order valence-corrected chi connectivity index (χ0v) is 16.2. The molecule has 0 spiro atoms. The summed E-state index contributed by atoms with van der Waals surface area (Å²) in [6.45, 7) is 8.69. The molecule has 0 aliphatic heterocycles. The van der Waals surface area contributed by atoms with Crippen molar-refractivity contribution in [1.29, 1.82) is 0 Å². The summed E-state index contributed by atoms with van der Waals surface area (Å²) >= 11 is 0. The van der Waals surface area contributed by atoms with Gasteiger partial charge in [-0.1, -0.05) is 0 Å². The normalized spacial score (nSPS) is 11.1. The first-order chi connectivity index (χ1) is 12.9. The van der Waals surface area contributed by atoms with Gasteiger partial charge in [0.15, 0.2) is 0 Å². The molecular formula is C21H24N3O3-. The summed E-state index contributed by atoms with van der Waals surface area (Å²) in [5, 5.41) is 21.5. The van der Waals surface area contributed by atoms with Crippen molar-refractivity contribution in [3.8, 4) is 11.4 Å². The Bertz CT molecular complexity index is 975. The number of rotatable bonds is 7. The van der Waals surface area contributed by atoms with Crippen LogP contribution < -0.4 is 9.84 Å². The Morgan fingerprint density at radius 2 is 1.74 bits per heavy atom. The van der Waals surface area contributed by atoms with Gasteiger partial charge in [-0.15, -0.1) is 0 Å².